The van der Waals surface area contributed by atoms with Gasteiger partial charge in [0.25, 0.3) is 0 Å². The lowest BCUT2D eigenvalue weighted by atomic mass is 9.64. The summed E-state index contributed by atoms with van der Waals surface area (Å²) >= 11 is 0. The third kappa shape index (κ3) is 6.65. The highest BCUT2D eigenvalue weighted by Crippen LogP contribution is 2.70. The van der Waals surface area contributed by atoms with Gasteiger partial charge in [-0.05, 0) is 258 Å². The number of allylic oxidation sites excluding steroid dienone is 3. The van der Waals surface area contributed by atoms with Gasteiger partial charge in [0, 0.05) is 62.2 Å². The molecule has 78 heavy (non-hydrogen) atoms. The molecule has 4 nitrogen and oxygen atoms in total. The third-order valence-electron chi connectivity index (χ3n) is 19.8. The van der Waals surface area contributed by atoms with Gasteiger partial charge in [-0.1, -0.05) is 79.8 Å². The zero-order valence-electron chi connectivity index (χ0n) is 47.8. The molecule has 4 heteroatoms. The Hall–Kier alpha value is -7.82. The average Bonchev–Trinajstić information content (AvgIpc) is 4.22. The minimum Gasteiger partial charge on any atom is -0.464 e. The van der Waals surface area contributed by atoms with Crippen LogP contribution in [-0.4, -0.2) is 0 Å². The van der Waals surface area contributed by atoms with Crippen molar-refractivity contribution in [1.82, 2.24) is 0 Å². The van der Waals surface area contributed by atoms with Gasteiger partial charge in [0.1, 0.15) is 22.9 Å². The zero-order valence-corrected chi connectivity index (χ0v) is 47.8. The molecule has 9 aromatic rings. The topological polar surface area (TPSA) is 32.8 Å². The molecule has 3 atom stereocenters. The summed E-state index contributed by atoms with van der Waals surface area (Å²) in [5.74, 6) is 2.96. The largest absolute Gasteiger partial charge is 0.464 e. The molecule has 0 bridgehead atoms. The summed E-state index contributed by atoms with van der Waals surface area (Å²) in [6, 6.07) is 40.6. The van der Waals surface area contributed by atoms with E-state index in [1.54, 1.807) is 0 Å². The van der Waals surface area contributed by atoms with Gasteiger partial charge in [-0.25, -0.2) is 0 Å². The Bertz CT molecular complexity index is 3950. The van der Waals surface area contributed by atoms with E-state index < -0.39 is 5.41 Å². The summed E-state index contributed by atoms with van der Waals surface area (Å²) in [7, 11) is 0. The number of anilines is 5. The average molecular weight is 1020 g/mol. The van der Waals surface area contributed by atoms with Gasteiger partial charge < -0.3 is 18.6 Å². The number of aryl methyl sites for hydroxylation is 9. The monoisotopic (exact) mass is 1020 g/mol. The van der Waals surface area contributed by atoms with Crippen LogP contribution < -0.4 is 9.80 Å². The smallest absolute Gasteiger partial charge is 0.141 e. The van der Waals surface area contributed by atoms with Gasteiger partial charge in [-0.2, -0.15) is 0 Å². The molecule has 0 aliphatic heterocycles. The maximum absolute atomic E-state index is 7.83. The predicted molar refractivity (Wildman–Crippen MR) is 326 cm³/mol. The molecule has 7 aromatic carbocycles. The molecule has 0 N–H and O–H groups in total. The van der Waals surface area contributed by atoms with Crippen molar-refractivity contribution in [3.63, 3.8) is 0 Å². The third-order valence-corrected chi connectivity index (χ3v) is 19.8. The van der Waals surface area contributed by atoms with E-state index in [9.17, 15) is 0 Å². The number of hydrogen-bond donors (Lipinski definition) is 0. The molecule has 0 saturated heterocycles. The molecule has 5 aliphatic rings. The first-order valence-electron chi connectivity index (χ1n) is 28.5. The lowest BCUT2D eigenvalue weighted by Gasteiger charge is -2.40. The van der Waals surface area contributed by atoms with Crippen LogP contribution in [0, 0.1) is 89.0 Å². The summed E-state index contributed by atoms with van der Waals surface area (Å²) in [5.41, 5.74) is 34.3. The Balaban J connectivity index is 1.17. The second-order valence-corrected chi connectivity index (χ2v) is 24.0. The maximum atomic E-state index is 7.83. The van der Waals surface area contributed by atoms with E-state index >= 15 is 0 Å². The van der Waals surface area contributed by atoms with E-state index in [1.807, 2.05) is 0 Å². The maximum Gasteiger partial charge on any atom is 0.141 e. The van der Waals surface area contributed by atoms with Crippen molar-refractivity contribution in [2.45, 2.75) is 127 Å². The number of benzene rings is 7. The van der Waals surface area contributed by atoms with E-state index in [4.69, 9.17) is 8.83 Å². The summed E-state index contributed by atoms with van der Waals surface area (Å²) in [4.78, 5) is 5.19. The lowest BCUT2D eigenvalue weighted by Crippen LogP contribution is -2.35. The molecule has 388 valence electrons. The summed E-state index contributed by atoms with van der Waals surface area (Å²) in [6.07, 6.45) is 14.8. The quantitative estimate of drug-likeness (QED) is 0.166. The van der Waals surface area contributed by atoms with Crippen LogP contribution in [0.5, 0.6) is 0 Å². The van der Waals surface area contributed by atoms with Gasteiger partial charge >= 0.3 is 0 Å². The number of fused-ring (bicyclic) bond motifs is 18. The fraction of sp³-hybridized carbons (Fsp3) is 0.270. The summed E-state index contributed by atoms with van der Waals surface area (Å²) in [5, 5.41) is 1.20. The van der Waals surface area contributed by atoms with E-state index in [1.165, 1.54) is 128 Å². The SMILES string of the molecule is Cc1cc(N(C2=CC3C(c4oc5c(c42)C=CCC5C)c2c(cc(N(c4cc(C)c(C)c(C)c4)c4cc(C)c(C)c(C)c4)c4c5c(oc24)C=CCC5)C32c3ccccc3-c3ccccc32)c2cc(C)c(C)c(C)c2)cc(C)c1C. The molecule has 0 radical (unpaired) electrons. The fourth-order valence-electron chi connectivity index (χ4n) is 14.9. The van der Waals surface area contributed by atoms with Crippen molar-refractivity contribution in [1.29, 1.82) is 0 Å². The highest BCUT2D eigenvalue weighted by atomic mass is 16.3. The van der Waals surface area contributed by atoms with Crippen molar-refractivity contribution in [3.8, 4) is 11.1 Å². The Morgan fingerprint density at radius 3 is 1.51 bits per heavy atom. The normalized spacial score (nSPS) is 17.9. The minimum atomic E-state index is -0.662. The van der Waals surface area contributed by atoms with E-state index in [0.29, 0.717) is 0 Å². The molecular weight excluding hydrogens is 949 g/mol. The molecular formula is C74H70N2O2. The van der Waals surface area contributed by atoms with E-state index in [2.05, 4.69) is 233 Å². The van der Waals surface area contributed by atoms with Crippen LogP contribution in [0.1, 0.15) is 155 Å². The molecule has 0 amide bonds. The van der Waals surface area contributed by atoms with Crippen LogP contribution >= 0.6 is 0 Å². The van der Waals surface area contributed by atoms with Crippen molar-refractivity contribution >= 4 is 57.3 Å². The first kappa shape index (κ1) is 48.5. The second-order valence-electron chi connectivity index (χ2n) is 24.0. The second kappa shape index (κ2) is 17.3. The van der Waals surface area contributed by atoms with Crippen LogP contribution in [0.15, 0.2) is 130 Å². The Morgan fingerprint density at radius 2 is 1.00 bits per heavy atom. The Morgan fingerprint density at radius 1 is 0.513 bits per heavy atom. The fourth-order valence-corrected chi connectivity index (χ4v) is 14.9. The first-order valence-corrected chi connectivity index (χ1v) is 28.5. The van der Waals surface area contributed by atoms with Crippen LogP contribution in [0.25, 0.3) is 39.9 Å². The molecule has 0 saturated carbocycles. The van der Waals surface area contributed by atoms with Gasteiger partial charge in [-0.3, -0.25) is 0 Å². The zero-order chi connectivity index (χ0) is 54.0. The van der Waals surface area contributed by atoms with E-state index in [0.717, 1.165) is 70.6 Å². The van der Waals surface area contributed by atoms with Gasteiger partial charge in [-0.15, -0.1) is 0 Å². The Labute approximate surface area is 461 Å². The predicted octanol–water partition coefficient (Wildman–Crippen LogP) is 19.9. The number of hydrogen-bond acceptors (Lipinski definition) is 4. The lowest BCUT2D eigenvalue weighted by molar-refractivity contribution is 0.371. The molecule has 3 unspecified atom stereocenters. The van der Waals surface area contributed by atoms with Crippen LogP contribution in [-0.2, 0) is 11.8 Å². The number of nitrogens with zero attached hydrogens (tertiary/aromatic N) is 2. The highest BCUT2D eigenvalue weighted by molar-refractivity contribution is 6.06. The highest BCUT2D eigenvalue weighted by Gasteiger charge is 2.62. The number of furan rings is 2. The molecule has 0 fully saturated rings. The molecule has 14 rings (SSSR count). The van der Waals surface area contributed by atoms with Gasteiger partial charge in [0.2, 0.25) is 0 Å². The molecule has 5 aliphatic carbocycles. The number of rotatable bonds is 6. The van der Waals surface area contributed by atoms with Crippen molar-refractivity contribution in [3.05, 3.63) is 244 Å². The van der Waals surface area contributed by atoms with Crippen molar-refractivity contribution < 1.29 is 8.83 Å². The molecule has 2 heterocycles. The molecule has 1 spiro atoms. The molecule has 2 aromatic heterocycles. The van der Waals surface area contributed by atoms with Crippen molar-refractivity contribution in [2.75, 3.05) is 9.80 Å². The van der Waals surface area contributed by atoms with E-state index in [-0.39, 0.29) is 17.8 Å². The van der Waals surface area contributed by atoms with Gasteiger partial charge in [0.15, 0.2) is 0 Å². The summed E-state index contributed by atoms with van der Waals surface area (Å²) < 4.78 is 15.5. The standard InChI is InChI=1S/C74H70N2O2/c1-39-21-20-25-59-68-65(76(54-33-44(6)50(12)45(7)34-54)55-35-46(8)51(13)47(9)36-55)38-63-70(73(68)78-71(39)59)69-62(74(63)60-26-17-14-22-56(60)57-23-15-18-27-61(57)74)37-64(67-58-24-16-19-28-66(58)77-72(67)69)75(52-29-40(2)48(10)41(3)30-52)53-31-42(4)49(11)43(5)32-53/h14-15,17-20,22-23,25-39,63,70H,16,21,24H2,1-13H3. The van der Waals surface area contributed by atoms with Crippen LogP contribution in [0.4, 0.5) is 28.4 Å². The minimum absolute atomic E-state index is 0.133. The first-order chi connectivity index (χ1) is 37.6. The summed E-state index contributed by atoms with van der Waals surface area (Å²) in [6.45, 7) is 29.6. The van der Waals surface area contributed by atoms with Crippen LogP contribution in [0.3, 0.4) is 0 Å². The van der Waals surface area contributed by atoms with Gasteiger partial charge in [0.05, 0.1) is 22.7 Å². The van der Waals surface area contributed by atoms with Crippen LogP contribution in [0.2, 0.25) is 0 Å². The Kier molecular flexibility index (Phi) is 10.8. The van der Waals surface area contributed by atoms with Crippen molar-refractivity contribution in [2.24, 2.45) is 5.92 Å².